The largest absolute Gasteiger partial charge is 0.488 e. The van der Waals surface area contributed by atoms with E-state index in [1.807, 2.05) is 45.9 Å². The van der Waals surface area contributed by atoms with Crippen LogP contribution >= 0.6 is 11.6 Å². The van der Waals surface area contributed by atoms with E-state index >= 15 is 0 Å². The minimum atomic E-state index is -0.153. The fraction of sp³-hybridized carbons (Fsp3) is 0.455. The molecule has 0 saturated carbocycles. The van der Waals surface area contributed by atoms with Gasteiger partial charge in [-0.25, -0.2) is 0 Å². The van der Waals surface area contributed by atoms with Gasteiger partial charge in [0.25, 0.3) is 0 Å². The molecule has 0 spiro atoms. The molecule has 1 aromatic carbocycles. The summed E-state index contributed by atoms with van der Waals surface area (Å²) >= 11 is 5.90. The highest BCUT2D eigenvalue weighted by Gasteiger charge is 2.11. The van der Waals surface area contributed by atoms with Crippen LogP contribution in [0.15, 0.2) is 18.2 Å². The summed E-state index contributed by atoms with van der Waals surface area (Å²) in [5, 5.41) is 0.779. The van der Waals surface area contributed by atoms with E-state index in [0.29, 0.717) is 0 Å². The van der Waals surface area contributed by atoms with Crippen molar-refractivity contribution in [3.05, 3.63) is 28.8 Å². The number of ether oxygens (including phenoxy) is 1. The molecule has 0 aliphatic heterocycles. The maximum absolute atomic E-state index is 5.90. The molecule has 2 heteroatoms. The van der Waals surface area contributed by atoms with Gasteiger partial charge >= 0.3 is 0 Å². The minimum Gasteiger partial charge on any atom is -0.488 e. The van der Waals surface area contributed by atoms with Crippen molar-refractivity contribution in [2.45, 2.75) is 33.3 Å². The smallest absolute Gasteiger partial charge is 0.120 e. The molecule has 1 rings (SSSR count). The lowest BCUT2D eigenvalue weighted by atomic mass is 10.2. The number of rotatable bonds is 1. The normalized spacial score (nSPS) is 11.5. The molecule has 1 aromatic rings. The van der Waals surface area contributed by atoms with Gasteiger partial charge in [-0.1, -0.05) is 11.6 Å². The lowest BCUT2D eigenvalue weighted by Gasteiger charge is -2.21. The highest BCUT2D eigenvalue weighted by Crippen LogP contribution is 2.23. The molecule has 0 amide bonds. The first-order chi connectivity index (χ1) is 5.88. The third-order valence-corrected chi connectivity index (χ3v) is 1.98. The highest BCUT2D eigenvalue weighted by atomic mass is 35.5. The van der Waals surface area contributed by atoms with Gasteiger partial charge in [-0.2, -0.15) is 0 Å². The number of hydrogen-bond acceptors (Lipinski definition) is 1. The summed E-state index contributed by atoms with van der Waals surface area (Å²) in [4.78, 5) is 0. The Morgan fingerprint density at radius 3 is 2.31 bits per heavy atom. The molecule has 72 valence electrons. The maximum atomic E-state index is 5.90. The second-order valence-corrected chi connectivity index (χ2v) is 4.53. The van der Waals surface area contributed by atoms with Crippen LogP contribution in [0.5, 0.6) is 5.75 Å². The average Bonchev–Trinajstić information content (AvgIpc) is 1.94. The average molecular weight is 199 g/mol. The van der Waals surface area contributed by atoms with Gasteiger partial charge in [0.2, 0.25) is 0 Å². The van der Waals surface area contributed by atoms with Crippen LogP contribution in [0.25, 0.3) is 0 Å². The Bertz CT molecular complexity index is 299. The molecule has 0 aliphatic rings. The van der Waals surface area contributed by atoms with Crippen LogP contribution in [0.4, 0.5) is 0 Å². The lowest BCUT2D eigenvalue weighted by molar-refractivity contribution is 0.131. The first-order valence-electron chi connectivity index (χ1n) is 4.34. The zero-order valence-corrected chi connectivity index (χ0v) is 9.27. The van der Waals surface area contributed by atoms with Crippen molar-refractivity contribution in [1.29, 1.82) is 0 Å². The monoisotopic (exact) mass is 198 g/mol. The first-order valence-corrected chi connectivity index (χ1v) is 4.71. The molecule has 0 atom stereocenters. The van der Waals surface area contributed by atoms with Gasteiger partial charge in [0.05, 0.1) is 0 Å². The summed E-state index contributed by atoms with van der Waals surface area (Å²) in [5.41, 5.74) is 0.892. The molecule has 0 heterocycles. The third-order valence-electron chi connectivity index (χ3n) is 1.55. The topological polar surface area (TPSA) is 9.23 Å². The summed E-state index contributed by atoms with van der Waals surface area (Å²) < 4.78 is 5.68. The quantitative estimate of drug-likeness (QED) is 0.667. The van der Waals surface area contributed by atoms with Crippen molar-refractivity contribution in [2.24, 2.45) is 0 Å². The second kappa shape index (κ2) is 3.59. The highest BCUT2D eigenvalue weighted by molar-refractivity contribution is 6.31. The van der Waals surface area contributed by atoms with Crippen LogP contribution in [0.2, 0.25) is 5.02 Å². The molecule has 0 saturated heterocycles. The van der Waals surface area contributed by atoms with E-state index in [0.717, 1.165) is 16.3 Å². The molecular formula is C11H15ClO. The van der Waals surface area contributed by atoms with Crippen LogP contribution in [0, 0.1) is 6.92 Å². The molecule has 0 radical (unpaired) electrons. The summed E-state index contributed by atoms with van der Waals surface area (Å²) in [6.07, 6.45) is 0. The molecule has 0 N–H and O–H groups in total. The summed E-state index contributed by atoms with van der Waals surface area (Å²) in [6.45, 7) is 8.04. The van der Waals surface area contributed by atoms with Crippen molar-refractivity contribution >= 4 is 11.6 Å². The second-order valence-electron chi connectivity index (χ2n) is 4.13. The van der Waals surface area contributed by atoms with Crippen LogP contribution < -0.4 is 4.74 Å². The number of halogens is 1. The molecule has 0 aliphatic carbocycles. The standard InChI is InChI=1S/C11H15ClO/c1-8-7-9(5-6-10(8)12)13-11(2,3)4/h5-7H,1-4H3. The van der Waals surface area contributed by atoms with Gasteiger partial charge in [0, 0.05) is 5.02 Å². The Morgan fingerprint density at radius 2 is 1.85 bits per heavy atom. The lowest BCUT2D eigenvalue weighted by Crippen LogP contribution is -2.22. The number of hydrogen-bond donors (Lipinski definition) is 0. The van der Waals surface area contributed by atoms with E-state index in [9.17, 15) is 0 Å². The van der Waals surface area contributed by atoms with Gasteiger partial charge in [-0.3, -0.25) is 0 Å². The fourth-order valence-electron chi connectivity index (χ4n) is 1.03. The molecule has 0 aromatic heterocycles. The van der Waals surface area contributed by atoms with Crippen molar-refractivity contribution in [3.63, 3.8) is 0 Å². The summed E-state index contributed by atoms with van der Waals surface area (Å²) in [6, 6.07) is 5.70. The Morgan fingerprint density at radius 1 is 1.23 bits per heavy atom. The number of benzene rings is 1. The maximum Gasteiger partial charge on any atom is 0.120 e. The third kappa shape index (κ3) is 3.27. The van der Waals surface area contributed by atoms with Crippen LogP contribution in [-0.4, -0.2) is 5.60 Å². The molecule has 1 nitrogen and oxygen atoms in total. The van der Waals surface area contributed by atoms with E-state index in [-0.39, 0.29) is 5.60 Å². The van der Waals surface area contributed by atoms with E-state index in [1.54, 1.807) is 0 Å². The Kier molecular flexibility index (Phi) is 2.87. The van der Waals surface area contributed by atoms with Crippen molar-refractivity contribution in [3.8, 4) is 5.75 Å². The van der Waals surface area contributed by atoms with Crippen molar-refractivity contribution < 1.29 is 4.74 Å². The number of aryl methyl sites for hydroxylation is 1. The fourth-order valence-corrected chi connectivity index (χ4v) is 1.15. The van der Waals surface area contributed by atoms with E-state index in [2.05, 4.69) is 0 Å². The van der Waals surface area contributed by atoms with Crippen LogP contribution in [0.1, 0.15) is 26.3 Å². The SMILES string of the molecule is Cc1cc(OC(C)(C)C)ccc1Cl. The molecule has 13 heavy (non-hydrogen) atoms. The van der Waals surface area contributed by atoms with Gasteiger partial charge in [-0.05, 0) is 51.5 Å². The summed E-state index contributed by atoms with van der Waals surface area (Å²) in [5.74, 6) is 0.870. The van der Waals surface area contributed by atoms with E-state index in [4.69, 9.17) is 16.3 Å². The van der Waals surface area contributed by atoms with Gasteiger partial charge in [-0.15, -0.1) is 0 Å². The molecule has 0 fully saturated rings. The van der Waals surface area contributed by atoms with Gasteiger partial charge < -0.3 is 4.74 Å². The Balaban J connectivity index is 2.86. The molecule has 0 bridgehead atoms. The zero-order valence-electron chi connectivity index (χ0n) is 8.52. The van der Waals surface area contributed by atoms with E-state index < -0.39 is 0 Å². The van der Waals surface area contributed by atoms with Gasteiger partial charge in [0.1, 0.15) is 11.4 Å². The minimum absolute atomic E-state index is 0.153. The predicted octanol–water partition coefficient (Wildman–Crippen LogP) is 3.83. The molecular weight excluding hydrogens is 184 g/mol. The van der Waals surface area contributed by atoms with Crippen LogP contribution in [-0.2, 0) is 0 Å². The van der Waals surface area contributed by atoms with Gasteiger partial charge in [0.15, 0.2) is 0 Å². The van der Waals surface area contributed by atoms with E-state index in [1.165, 1.54) is 0 Å². The zero-order chi connectivity index (χ0) is 10.1. The van der Waals surface area contributed by atoms with Crippen molar-refractivity contribution in [1.82, 2.24) is 0 Å². The Hall–Kier alpha value is -0.690. The summed E-state index contributed by atoms with van der Waals surface area (Å²) in [7, 11) is 0. The Labute approximate surface area is 84.7 Å². The first kappa shape index (κ1) is 10.4. The molecule has 0 unspecified atom stereocenters. The predicted molar refractivity (Wildman–Crippen MR) is 56.6 cm³/mol. The van der Waals surface area contributed by atoms with Crippen LogP contribution in [0.3, 0.4) is 0 Å². The van der Waals surface area contributed by atoms with Crippen molar-refractivity contribution in [2.75, 3.05) is 0 Å².